The third-order valence-electron chi connectivity index (χ3n) is 4.58. The van der Waals surface area contributed by atoms with Crippen molar-refractivity contribution in [2.24, 2.45) is 0 Å². The first-order chi connectivity index (χ1) is 15.3. The second kappa shape index (κ2) is 8.97. The van der Waals surface area contributed by atoms with E-state index in [-0.39, 0.29) is 27.7 Å². The number of nitrogens with zero attached hydrogens (tertiary/aromatic N) is 1. The predicted octanol–water partition coefficient (Wildman–Crippen LogP) is 4.83. The molecular weight excluding hydrogens is 453 g/mol. The molecule has 1 heterocycles. The summed E-state index contributed by atoms with van der Waals surface area (Å²) in [4.78, 5) is 26.1. The van der Waals surface area contributed by atoms with Crippen LogP contribution < -0.4 is 4.18 Å². The Balaban J connectivity index is 1.48. The Morgan fingerprint density at radius 1 is 0.906 bits per heavy atom. The second-order valence-corrected chi connectivity index (χ2v) is 9.32. The van der Waals surface area contributed by atoms with Crippen LogP contribution in [-0.2, 0) is 21.5 Å². The van der Waals surface area contributed by atoms with E-state index in [2.05, 4.69) is 0 Å². The summed E-state index contributed by atoms with van der Waals surface area (Å²) in [7, 11) is -3.96. The lowest BCUT2D eigenvalue weighted by Crippen LogP contribution is -2.27. The number of hydrogen-bond acceptors (Lipinski definition) is 6. The van der Waals surface area contributed by atoms with Crippen LogP contribution in [-0.4, -0.2) is 24.5 Å². The average molecular weight is 470 g/mol. The molecule has 9 heteroatoms. The highest BCUT2D eigenvalue weighted by Gasteiger charge is 2.35. The van der Waals surface area contributed by atoms with Gasteiger partial charge in [-0.05, 0) is 53.7 Å². The number of rotatable bonds is 6. The number of imide groups is 1. The lowest BCUT2D eigenvalue weighted by atomic mass is 10.2. The van der Waals surface area contributed by atoms with Gasteiger partial charge in [0.2, 0.25) is 0 Å². The minimum atomic E-state index is -3.96. The van der Waals surface area contributed by atoms with Crippen molar-refractivity contribution in [3.8, 4) is 5.75 Å². The fourth-order valence-corrected chi connectivity index (χ4v) is 4.76. The highest BCUT2D eigenvalue weighted by molar-refractivity contribution is 8.18. The van der Waals surface area contributed by atoms with Crippen molar-refractivity contribution in [2.45, 2.75) is 11.4 Å². The normalized spacial score (nSPS) is 15.4. The summed E-state index contributed by atoms with van der Waals surface area (Å²) in [6, 6.07) is 19.8. The lowest BCUT2D eigenvalue weighted by Gasteiger charge is -2.12. The maximum Gasteiger partial charge on any atom is 0.339 e. The van der Waals surface area contributed by atoms with Gasteiger partial charge >= 0.3 is 10.1 Å². The molecular formula is C23H16FNO5S2. The van der Waals surface area contributed by atoms with E-state index in [0.29, 0.717) is 5.56 Å². The minimum Gasteiger partial charge on any atom is -0.379 e. The molecule has 1 aliphatic heterocycles. The molecule has 0 bridgehead atoms. The topological polar surface area (TPSA) is 80.8 Å². The number of thioether (sulfide) groups is 1. The maximum atomic E-state index is 13.9. The molecule has 0 aliphatic carbocycles. The predicted molar refractivity (Wildman–Crippen MR) is 119 cm³/mol. The zero-order valence-corrected chi connectivity index (χ0v) is 18.1. The number of halogens is 1. The number of carbonyl (C=O) groups is 2. The summed E-state index contributed by atoms with van der Waals surface area (Å²) in [5.74, 6) is -0.898. The van der Waals surface area contributed by atoms with Crippen molar-refractivity contribution < 1.29 is 26.6 Å². The van der Waals surface area contributed by atoms with Gasteiger partial charge in [-0.2, -0.15) is 8.42 Å². The lowest BCUT2D eigenvalue weighted by molar-refractivity contribution is -0.123. The van der Waals surface area contributed by atoms with Crippen LogP contribution in [0.1, 0.15) is 11.1 Å². The molecule has 1 saturated heterocycles. The van der Waals surface area contributed by atoms with Gasteiger partial charge < -0.3 is 4.18 Å². The van der Waals surface area contributed by atoms with Crippen LogP contribution in [0.3, 0.4) is 0 Å². The second-order valence-electron chi connectivity index (χ2n) is 6.78. The SMILES string of the molecule is O=C1S/C(=C\c2ccc(OS(=O)(=O)c3ccccc3)cc2)C(=O)N1Cc1ccccc1F. The molecule has 0 N–H and O–H groups in total. The molecule has 1 aliphatic rings. The molecule has 2 amide bonds. The Kier molecular flexibility index (Phi) is 6.11. The highest BCUT2D eigenvalue weighted by Crippen LogP contribution is 2.34. The van der Waals surface area contributed by atoms with Crippen LogP contribution in [0, 0.1) is 5.82 Å². The van der Waals surface area contributed by atoms with E-state index >= 15 is 0 Å². The Labute approximate surface area is 188 Å². The smallest absolute Gasteiger partial charge is 0.339 e. The zero-order chi connectivity index (χ0) is 22.7. The van der Waals surface area contributed by atoms with Crippen LogP contribution in [0.25, 0.3) is 6.08 Å². The number of benzene rings is 3. The summed E-state index contributed by atoms with van der Waals surface area (Å²) in [5, 5.41) is -0.488. The van der Waals surface area contributed by atoms with E-state index in [1.807, 2.05) is 0 Å². The quantitative estimate of drug-likeness (QED) is 0.380. The molecule has 0 radical (unpaired) electrons. The van der Waals surface area contributed by atoms with E-state index in [0.717, 1.165) is 16.7 Å². The highest BCUT2D eigenvalue weighted by atomic mass is 32.2. The fraction of sp³-hybridized carbons (Fsp3) is 0.0435. The van der Waals surface area contributed by atoms with E-state index in [9.17, 15) is 22.4 Å². The Morgan fingerprint density at radius 3 is 2.25 bits per heavy atom. The summed E-state index contributed by atoms with van der Waals surface area (Å²) in [5.41, 5.74) is 0.822. The van der Waals surface area contributed by atoms with E-state index in [1.54, 1.807) is 36.4 Å². The Hall–Kier alpha value is -3.43. The van der Waals surface area contributed by atoms with E-state index in [1.165, 1.54) is 48.5 Å². The molecule has 1 fully saturated rings. The van der Waals surface area contributed by atoms with Crippen molar-refractivity contribution in [2.75, 3.05) is 0 Å². The van der Waals surface area contributed by atoms with Gasteiger partial charge in [0.1, 0.15) is 16.5 Å². The van der Waals surface area contributed by atoms with Crippen LogP contribution in [0.2, 0.25) is 0 Å². The molecule has 162 valence electrons. The fourth-order valence-electron chi connectivity index (χ4n) is 2.97. The van der Waals surface area contributed by atoms with Gasteiger partial charge in [-0.25, -0.2) is 4.39 Å². The minimum absolute atomic E-state index is 0.0348. The first kappa shape index (κ1) is 21.8. The summed E-state index contributed by atoms with van der Waals surface area (Å²) in [6.45, 7) is -0.154. The van der Waals surface area contributed by atoms with Crippen molar-refractivity contribution in [1.29, 1.82) is 0 Å². The Morgan fingerprint density at radius 2 is 1.56 bits per heavy atom. The molecule has 0 unspecified atom stereocenters. The van der Waals surface area contributed by atoms with Gasteiger partial charge in [-0.3, -0.25) is 14.5 Å². The van der Waals surface area contributed by atoms with Crippen molar-refractivity contribution in [1.82, 2.24) is 4.90 Å². The average Bonchev–Trinajstić information content (AvgIpc) is 3.04. The number of carbonyl (C=O) groups excluding carboxylic acids is 2. The maximum absolute atomic E-state index is 13.9. The van der Waals surface area contributed by atoms with Gasteiger partial charge in [-0.1, -0.05) is 48.5 Å². The van der Waals surface area contributed by atoms with Crippen LogP contribution in [0.5, 0.6) is 5.75 Å². The van der Waals surface area contributed by atoms with Crippen LogP contribution >= 0.6 is 11.8 Å². The van der Waals surface area contributed by atoms with Gasteiger partial charge in [0, 0.05) is 5.56 Å². The van der Waals surface area contributed by atoms with Gasteiger partial charge in [0.25, 0.3) is 11.1 Å². The molecule has 32 heavy (non-hydrogen) atoms. The monoisotopic (exact) mass is 469 g/mol. The molecule has 3 aromatic rings. The first-order valence-electron chi connectivity index (χ1n) is 9.42. The van der Waals surface area contributed by atoms with Crippen molar-refractivity contribution in [3.05, 3.63) is 101 Å². The van der Waals surface area contributed by atoms with Gasteiger partial charge in [0.05, 0.1) is 11.4 Å². The summed E-state index contributed by atoms with van der Waals surface area (Å²) in [6.07, 6.45) is 1.52. The Bertz CT molecular complexity index is 1310. The molecule has 3 aromatic carbocycles. The first-order valence-corrected chi connectivity index (χ1v) is 11.6. The standard InChI is InChI=1S/C23H16FNO5S2/c24-20-9-5-4-6-17(20)15-25-22(26)21(31-23(25)27)14-16-10-12-18(13-11-16)30-32(28,29)19-7-2-1-3-8-19/h1-14H,15H2/b21-14-. The van der Waals surface area contributed by atoms with Crippen LogP contribution in [0.15, 0.2) is 88.7 Å². The van der Waals surface area contributed by atoms with Crippen molar-refractivity contribution >= 4 is 39.1 Å². The van der Waals surface area contributed by atoms with Gasteiger partial charge in [0.15, 0.2) is 0 Å². The molecule has 0 saturated carbocycles. The summed E-state index contributed by atoms with van der Waals surface area (Å²) >= 11 is 0.762. The zero-order valence-electron chi connectivity index (χ0n) is 16.5. The van der Waals surface area contributed by atoms with E-state index < -0.39 is 27.1 Å². The molecule has 0 spiro atoms. The third-order valence-corrected chi connectivity index (χ3v) is 6.74. The molecule has 0 aromatic heterocycles. The third kappa shape index (κ3) is 4.74. The molecule has 4 rings (SSSR count). The van der Waals surface area contributed by atoms with E-state index in [4.69, 9.17) is 4.18 Å². The van der Waals surface area contributed by atoms with Crippen molar-refractivity contribution in [3.63, 3.8) is 0 Å². The van der Waals surface area contributed by atoms with Crippen LogP contribution in [0.4, 0.5) is 9.18 Å². The molecule has 6 nitrogen and oxygen atoms in total. The summed E-state index contributed by atoms with van der Waals surface area (Å²) < 4.78 is 43.6. The molecule has 0 atom stereocenters. The number of amides is 2. The largest absolute Gasteiger partial charge is 0.379 e. The number of hydrogen-bond donors (Lipinski definition) is 0. The van der Waals surface area contributed by atoms with Gasteiger partial charge in [-0.15, -0.1) is 0 Å².